The van der Waals surface area contributed by atoms with E-state index in [1.807, 2.05) is 25.1 Å². The van der Waals surface area contributed by atoms with Crippen molar-refractivity contribution in [2.75, 3.05) is 25.5 Å². The maximum atomic E-state index is 4.67. The molecule has 1 aliphatic heterocycles. The van der Waals surface area contributed by atoms with E-state index in [-0.39, 0.29) is 0 Å². The zero-order chi connectivity index (χ0) is 13.4. The van der Waals surface area contributed by atoms with Crippen molar-refractivity contribution in [2.24, 2.45) is 5.92 Å². The molecule has 5 nitrogen and oxygen atoms in total. The number of aromatic nitrogens is 3. The fourth-order valence-electron chi connectivity index (χ4n) is 2.71. The van der Waals surface area contributed by atoms with Crippen LogP contribution in [0.1, 0.15) is 31.6 Å². The molecule has 1 saturated heterocycles. The topological polar surface area (TPSA) is 56.8 Å². The van der Waals surface area contributed by atoms with Gasteiger partial charge < -0.3 is 15.2 Å². The molecule has 1 fully saturated rings. The van der Waals surface area contributed by atoms with Crippen molar-refractivity contribution in [1.82, 2.24) is 20.3 Å². The van der Waals surface area contributed by atoms with E-state index in [4.69, 9.17) is 0 Å². The maximum absolute atomic E-state index is 4.67. The number of fused-ring (bicyclic) bond motifs is 1. The molecular formula is C14H21N5. The summed E-state index contributed by atoms with van der Waals surface area (Å²) in [7, 11) is 3.99. The molecule has 3 rings (SSSR count). The molecule has 2 atom stereocenters. The number of aromatic amines is 1. The number of H-pyrrole nitrogens is 1. The van der Waals surface area contributed by atoms with Crippen molar-refractivity contribution >= 4 is 17.0 Å². The lowest BCUT2D eigenvalue weighted by Crippen LogP contribution is -2.33. The van der Waals surface area contributed by atoms with E-state index in [0.29, 0.717) is 12.0 Å². The minimum absolute atomic E-state index is 0.325. The Hall–Kier alpha value is -1.62. The number of hydrogen-bond donors (Lipinski definition) is 2. The van der Waals surface area contributed by atoms with Crippen LogP contribution in [0, 0.1) is 5.92 Å². The zero-order valence-electron chi connectivity index (χ0n) is 11.8. The van der Waals surface area contributed by atoms with Crippen molar-refractivity contribution in [2.45, 2.75) is 25.8 Å². The quantitative estimate of drug-likeness (QED) is 0.867. The van der Waals surface area contributed by atoms with Crippen molar-refractivity contribution < 1.29 is 0 Å². The monoisotopic (exact) mass is 259 g/mol. The summed E-state index contributed by atoms with van der Waals surface area (Å²) < 4.78 is 0. The third kappa shape index (κ3) is 2.30. The molecule has 2 N–H and O–H groups in total. The third-order valence-corrected chi connectivity index (χ3v) is 3.87. The summed E-state index contributed by atoms with van der Waals surface area (Å²) in [5.41, 5.74) is 1.82. The maximum Gasteiger partial charge on any atom is 0.179 e. The van der Waals surface area contributed by atoms with Crippen molar-refractivity contribution in [1.29, 1.82) is 0 Å². The SMILES string of the molecule is CC1CCCNC1c1nc2nc(N(C)C)ccc2[nH]1. The van der Waals surface area contributed by atoms with Gasteiger partial charge in [0.25, 0.3) is 0 Å². The normalized spacial score (nSPS) is 23.7. The Balaban J connectivity index is 1.96. The van der Waals surface area contributed by atoms with E-state index in [2.05, 4.69) is 33.3 Å². The van der Waals surface area contributed by atoms with E-state index in [1.54, 1.807) is 0 Å². The van der Waals surface area contributed by atoms with Crippen LogP contribution < -0.4 is 10.2 Å². The fourth-order valence-corrected chi connectivity index (χ4v) is 2.71. The van der Waals surface area contributed by atoms with Gasteiger partial charge in [0.2, 0.25) is 0 Å². The highest BCUT2D eigenvalue weighted by Gasteiger charge is 2.25. The predicted molar refractivity (Wildman–Crippen MR) is 77.4 cm³/mol. The van der Waals surface area contributed by atoms with Gasteiger partial charge in [-0.25, -0.2) is 9.97 Å². The lowest BCUT2D eigenvalue weighted by Gasteiger charge is -2.28. The summed E-state index contributed by atoms with van der Waals surface area (Å²) in [5.74, 6) is 2.57. The summed E-state index contributed by atoms with van der Waals surface area (Å²) in [6.45, 7) is 3.35. The van der Waals surface area contributed by atoms with Gasteiger partial charge in [0.1, 0.15) is 11.6 Å². The number of piperidine rings is 1. The molecule has 19 heavy (non-hydrogen) atoms. The standard InChI is InChI=1S/C14H21N5/c1-9-5-4-8-15-12(9)14-16-10-6-7-11(19(2)3)17-13(10)18-14/h6-7,9,12,15H,4-5,8H2,1-3H3,(H,16,17,18). The molecule has 0 radical (unpaired) electrons. The van der Waals surface area contributed by atoms with Gasteiger partial charge in [-0.15, -0.1) is 0 Å². The van der Waals surface area contributed by atoms with Crippen LogP contribution in [-0.4, -0.2) is 35.6 Å². The lowest BCUT2D eigenvalue weighted by molar-refractivity contribution is 0.296. The van der Waals surface area contributed by atoms with Crippen LogP contribution in [0.15, 0.2) is 12.1 Å². The molecule has 5 heteroatoms. The Kier molecular flexibility index (Phi) is 3.14. The summed E-state index contributed by atoms with van der Waals surface area (Å²) in [4.78, 5) is 14.6. The molecule has 2 aromatic rings. The van der Waals surface area contributed by atoms with Gasteiger partial charge in [-0.05, 0) is 37.4 Å². The minimum Gasteiger partial charge on any atom is -0.363 e. The van der Waals surface area contributed by atoms with Crippen LogP contribution in [0.4, 0.5) is 5.82 Å². The van der Waals surface area contributed by atoms with E-state index in [9.17, 15) is 0 Å². The van der Waals surface area contributed by atoms with Crippen LogP contribution in [-0.2, 0) is 0 Å². The Morgan fingerprint density at radius 2 is 2.11 bits per heavy atom. The highest BCUT2D eigenvalue weighted by Crippen LogP contribution is 2.28. The second-order valence-corrected chi connectivity index (χ2v) is 5.61. The molecule has 1 aliphatic rings. The molecule has 0 saturated carbocycles. The first-order chi connectivity index (χ1) is 9.15. The molecule has 102 valence electrons. The Bertz CT molecular complexity index is 574. The van der Waals surface area contributed by atoms with Gasteiger partial charge in [-0.1, -0.05) is 6.92 Å². The van der Waals surface area contributed by atoms with Gasteiger partial charge in [-0.2, -0.15) is 0 Å². The molecular weight excluding hydrogens is 238 g/mol. The number of imidazole rings is 1. The number of rotatable bonds is 2. The fraction of sp³-hybridized carbons (Fsp3) is 0.571. The Morgan fingerprint density at radius 1 is 1.26 bits per heavy atom. The second-order valence-electron chi connectivity index (χ2n) is 5.61. The summed E-state index contributed by atoms with van der Waals surface area (Å²) in [6, 6.07) is 4.40. The van der Waals surface area contributed by atoms with Gasteiger partial charge in [0, 0.05) is 14.1 Å². The Morgan fingerprint density at radius 3 is 2.84 bits per heavy atom. The third-order valence-electron chi connectivity index (χ3n) is 3.87. The van der Waals surface area contributed by atoms with Gasteiger partial charge in [0.05, 0.1) is 11.6 Å². The molecule has 2 aromatic heterocycles. The highest BCUT2D eigenvalue weighted by atomic mass is 15.2. The van der Waals surface area contributed by atoms with Crippen LogP contribution in [0.5, 0.6) is 0 Å². The van der Waals surface area contributed by atoms with Crippen molar-refractivity contribution in [3.05, 3.63) is 18.0 Å². The van der Waals surface area contributed by atoms with Crippen LogP contribution in [0.3, 0.4) is 0 Å². The van der Waals surface area contributed by atoms with Crippen molar-refractivity contribution in [3.8, 4) is 0 Å². The van der Waals surface area contributed by atoms with Gasteiger partial charge >= 0.3 is 0 Å². The number of hydrogen-bond acceptors (Lipinski definition) is 4. The van der Waals surface area contributed by atoms with Crippen LogP contribution in [0.25, 0.3) is 11.2 Å². The first-order valence-electron chi connectivity index (χ1n) is 6.92. The van der Waals surface area contributed by atoms with E-state index in [1.165, 1.54) is 12.8 Å². The number of nitrogens with one attached hydrogen (secondary N) is 2. The van der Waals surface area contributed by atoms with E-state index < -0.39 is 0 Å². The number of anilines is 1. The smallest absolute Gasteiger partial charge is 0.179 e. The summed E-state index contributed by atoms with van der Waals surface area (Å²) >= 11 is 0. The highest BCUT2D eigenvalue weighted by molar-refractivity contribution is 5.73. The largest absolute Gasteiger partial charge is 0.363 e. The average molecular weight is 259 g/mol. The molecule has 3 heterocycles. The van der Waals surface area contributed by atoms with Crippen molar-refractivity contribution in [3.63, 3.8) is 0 Å². The van der Waals surface area contributed by atoms with Gasteiger partial charge in [0.15, 0.2) is 5.65 Å². The average Bonchev–Trinajstić information content (AvgIpc) is 2.81. The minimum atomic E-state index is 0.325. The first-order valence-corrected chi connectivity index (χ1v) is 6.92. The number of pyridine rings is 1. The summed E-state index contributed by atoms with van der Waals surface area (Å²) in [5, 5.41) is 3.55. The molecule has 0 amide bonds. The first kappa shape index (κ1) is 12.4. The predicted octanol–water partition coefficient (Wildman–Crippen LogP) is 2.08. The van der Waals surface area contributed by atoms with E-state index >= 15 is 0 Å². The number of nitrogens with zero attached hydrogens (tertiary/aromatic N) is 3. The Labute approximate surface area is 113 Å². The van der Waals surface area contributed by atoms with Crippen LogP contribution >= 0.6 is 0 Å². The molecule has 0 aromatic carbocycles. The molecule has 0 spiro atoms. The van der Waals surface area contributed by atoms with Gasteiger partial charge in [-0.3, -0.25) is 0 Å². The lowest BCUT2D eigenvalue weighted by atomic mass is 9.92. The zero-order valence-corrected chi connectivity index (χ0v) is 11.8. The second kappa shape index (κ2) is 4.81. The summed E-state index contributed by atoms with van der Waals surface area (Å²) in [6.07, 6.45) is 2.51. The molecule has 2 unspecified atom stereocenters. The van der Waals surface area contributed by atoms with E-state index in [0.717, 1.165) is 29.4 Å². The molecule has 0 aliphatic carbocycles. The molecule has 0 bridgehead atoms. The van der Waals surface area contributed by atoms with Crippen LogP contribution in [0.2, 0.25) is 0 Å².